The van der Waals surface area contributed by atoms with E-state index in [4.69, 9.17) is 4.42 Å². The second-order valence-electron chi connectivity index (χ2n) is 6.84. The molecule has 2 amide bonds. The van der Waals surface area contributed by atoms with Crippen LogP contribution in [0.25, 0.3) is 11.0 Å². The first kappa shape index (κ1) is 18.1. The van der Waals surface area contributed by atoms with Crippen LogP contribution in [0.3, 0.4) is 0 Å². The Morgan fingerprint density at radius 2 is 1.71 bits per heavy atom. The highest BCUT2D eigenvalue weighted by Gasteiger charge is 2.22. The quantitative estimate of drug-likeness (QED) is 0.752. The maximum Gasteiger partial charge on any atom is 0.291 e. The highest BCUT2D eigenvalue weighted by molar-refractivity contribution is 6.06. The summed E-state index contributed by atoms with van der Waals surface area (Å²) in [7, 11) is 0. The minimum absolute atomic E-state index is 0.186. The van der Waals surface area contributed by atoms with Gasteiger partial charge in [-0.3, -0.25) is 9.59 Å². The van der Waals surface area contributed by atoms with Gasteiger partial charge in [0, 0.05) is 38.0 Å². The Balaban J connectivity index is 1.50. The number of para-hydroxylation sites is 3. The number of carbonyl (C=O) groups is 2. The van der Waals surface area contributed by atoms with Crippen LogP contribution in [-0.2, 0) is 4.79 Å². The minimum Gasteiger partial charge on any atom is -0.451 e. The molecule has 6 nitrogen and oxygen atoms in total. The van der Waals surface area contributed by atoms with Crippen LogP contribution >= 0.6 is 0 Å². The summed E-state index contributed by atoms with van der Waals surface area (Å²) in [5.41, 5.74) is 2.39. The third kappa shape index (κ3) is 3.58. The van der Waals surface area contributed by atoms with Crippen molar-refractivity contribution in [3.8, 4) is 0 Å². The molecule has 0 spiro atoms. The molecule has 0 aliphatic carbocycles. The number of nitrogens with one attached hydrogen (secondary N) is 1. The number of carbonyl (C=O) groups excluding carboxylic acids is 2. The van der Waals surface area contributed by atoms with E-state index in [0.29, 0.717) is 25.1 Å². The fraction of sp³-hybridized carbons (Fsp3) is 0.273. The first-order chi connectivity index (χ1) is 13.7. The van der Waals surface area contributed by atoms with Crippen molar-refractivity contribution in [3.63, 3.8) is 0 Å². The Hall–Kier alpha value is -3.28. The van der Waals surface area contributed by atoms with E-state index in [1.807, 2.05) is 60.4 Å². The summed E-state index contributed by atoms with van der Waals surface area (Å²) in [5, 5.41) is 3.88. The molecule has 144 valence electrons. The largest absolute Gasteiger partial charge is 0.451 e. The summed E-state index contributed by atoms with van der Waals surface area (Å²) in [5.74, 6) is 0.198. The minimum atomic E-state index is -0.275. The molecule has 1 saturated heterocycles. The molecule has 0 atom stereocenters. The average molecular weight is 377 g/mol. The first-order valence-corrected chi connectivity index (χ1v) is 9.57. The number of anilines is 2. The second kappa shape index (κ2) is 7.76. The van der Waals surface area contributed by atoms with Gasteiger partial charge in [-0.05, 0) is 24.3 Å². The van der Waals surface area contributed by atoms with E-state index >= 15 is 0 Å². The van der Waals surface area contributed by atoms with Crippen LogP contribution in [0.5, 0.6) is 0 Å². The molecular weight excluding hydrogens is 354 g/mol. The van der Waals surface area contributed by atoms with Gasteiger partial charge >= 0.3 is 0 Å². The molecular formula is C22H23N3O3. The zero-order valence-electron chi connectivity index (χ0n) is 15.9. The van der Waals surface area contributed by atoms with Gasteiger partial charge in [0.25, 0.3) is 5.91 Å². The molecule has 1 aliphatic heterocycles. The Kier molecular flexibility index (Phi) is 5.02. The maximum atomic E-state index is 12.7. The highest BCUT2D eigenvalue weighted by Crippen LogP contribution is 2.28. The van der Waals surface area contributed by atoms with Crippen molar-refractivity contribution >= 4 is 34.2 Å². The van der Waals surface area contributed by atoms with E-state index in [2.05, 4.69) is 10.2 Å². The molecule has 0 radical (unpaired) electrons. The monoisotopic (exact) mass is 377 g/mol. The smallest absolute Gasteiger partial charge is 0.291 e. The van der Waals surface area contributed by atoms with E-state index in [1.54, 1.807) is 6.07 Å². The van der Waals surface area contributed by atoms with E-state index in [0.717, 1.165) is 29.9 Å². The van der Waals surface area contributed by atoms with E-state index in [1.165, 1.54) is 0 Å². The zero-order valence-corrected chi connectivity index (χ0v) is 15.9. The third-order valence-electron chi connectivity index (χ3n) is 5.08. The number of rotatable bonds is 4. The van der Waals surface area contributed by atoms with Crippen LogP contribution in [0.15, 0.2) is 59.0 Å². The number of nitrogens with zero attached hydrogens (tertiary/aromatic N) is 2. The van der Waals surface area contributed by atoms with E-state index < -0.39 is 0 Å². The Bertz CT molecular complexity index is 970. The maximum absolute atomic E-state index is 12.7. The van der Waals surface area contributed by atoms with Gasteiger partial charge in [-0.2, -0.15) is 0 Å². The van der Waals surface area contributed by atoms with E-state index in [-0.39, 0.29) is 17.6 Å². The van der Waals surface area contributed by atoms with Crippen LogP contribution in [0.4, 0.5) is 11.4 Å². The number of piperazine rings is 1. The van der Waals surface area contributed by atoms with Gasteiger partial charge in [-0.25, -0.2) is 0 Å². The van der Waals surface area contributed by atoms with Crippen molar-refractivity contribution < 1.29 is 14.0 Å². The topological polar surface area (TPSA) is 65.8 Å². The molecule has 2 heterocycles. The van der Waals surface area contributed by atoms with Crippen molar-refractivity contribution in [1.29, 1.82) is 0 Å². The van der Waals surface area contributed by atoms with Gasteiger partial charge in [-0.15, -0.1) is 0 Å². The highest BCUT2D eigenvalue weighted by atomic mass is 16.3. The van der Waals surface area contributed by atoms with Gasteiger partial charge < -0.3 is 19.5 Å². The fourth-order valence-corrected chi connectivity index (χ4v) is 3.55. The van der Waals surface area contributed by atoms with Crippen molar-refractivity contribution in [2.45, 2.75) is 13.3 Å². The number of hydrogen-bond donors (Lipinski definition) is 1. The molecule has 4 rings (SSSR count). The van der Waals surface area contributed by atoms with Crippen LogP contribution < -0.4 is 10.2 Å². The normalized spacial score (nSPS) is 14.3. The van der Waals surface area contributed by atoms with Gasteiger partial charge in [-0.1, -0.05) is 37.3 Å². The number of furan rings is 1. The van der Waals surface area contributed by atoms with Gasteiger partial charge in [0.15, 0.2) is 5.76 Å². The van der Waals surface area contributed by atoms with Crippen molar-refractivity contribution in [2.75, 3.05) is 36.4 Å². The Morgan fingerprint density at radius 1 is 1.00 bits per heavy atom. The molecule has 3 aromatic rings. The Morgan fingerprint density at radius 3 is 2.46 bits per heavy atom. The van der Waals surface area contributed by atoms with Crippen molar-refractivity contribution in [3.05, 3.63) is 60.4 Å². The van der Waals surface area contributed by atoms with Gasteiger partial charge in [0.05, 0.1) is 11.4 Å². The average Bonchev–Trinajstić information content (AvgIpc) is 3.18. The predicted molar refractivity (Wildman–Crippen MR) is 110 cm³/mol. The second-order valence-corrected chi connectivity index (χ2v) is 6.84. The molecule has 28 heavy (non-hydrogen) atoms. The van der Waals surface area contributed by atoms with Crippen molar-refractivity contribution in [2.24, 2.45) is 0 Å². The molecule has 0 bridgehead atoms. The van der Waals surface area contributed by atoms with Crippen LogP contribution in [0.1, 0.15) is 23.9 Å². The summed E-state index contributed by atoms with van der Waals surface area (Å²) >= 11 is 0. The molecule has 1 fully saturated rings. The van der Waals surface area contributed by atoms with Crippen LogP contribution in [-0.4, -0.2) is 42.9 Å². The first-order valence-electron chi connectivity index (χ1n) is 9.57. The lowest BCUT2D eigenvalue weighted by Gasteiger charge is -2.36. The third-order valence-corrected chi connectivity index (χ3v) is 5.08. The molecule has 2 aromatic carbocycles. The number of amides is 2. The van der Waals surface area contributed by atoms with Crippen molar-refractivity contribution in [1.82, 2.24) is 4.90 Å². The summed E-state index contributed by atoms with van der Waals surface area (Å²) in [6.45, 7) is 4.75. The molecule has 0 unspecified atom stereocenters. The predicted octanol–water partition coefficient (Wildman–Crippen LogP) is 3.74. The lowest BCUT2D eigenvalue weighted by Crippen LogP contribution is -2.48. The number of benzene rings is 2. The SMILES string of the molecule is CCC(=O)N1CCN(c2ccccc2NC(=O)c2cc3ccccc3o2)CC1. The van der Waals surface area contributed by atoms with Gasteiger partial charge in [0.2, 0.25) is 5.91 Å². The standard InChI is InChI=1S/C22H23N3O3/c1-2-21(26)25-13-11-24(12-14-25)18-9-5-4-8-17(18)23-22(27)20-15-16-7-3-6-10-19(16)28-20/h3-10,15H,2,11-14H2,1H3,(H,23,27). The Labute approximate surface area is 163 Å². The molecule has 1 aliphatic rings. The lowest BCUT2D eigenvalue weighted by molar-refractivity contribution is -0.131. The number of fused-ring (bicyclic) bond motifs is 1. The molecule has 6 heteroatoms. The number of hydrogen-bond acceptors (Lipinski definition) is 4. The van der Waals surface area contributed by atoms with Gasteiger partial charge in [0.1, 0.15) is 5.58 Å². The summed E-state index contributed by atoms with van der Waals surface area (Å²) in [6, 6.07) is 17.0. The summed E-state index contributed by atoms with van der Waals surface area (Å²) in [6.07, 6.45) is 0.532. The van der Waals surface area contributed by atoms with Crippen LogP contribution in [0, 0.1) is 0 Å². The zero-order chi connectivity index (χ0) is 19.5. The lowest BCUT2D eigenvalue weighted by atomic mass is 10.2. The van der Waals surface area contributed by atoms with E-state index in [9.17, 15) is 9.59 Å². The summed E-state index contributed by atoms with van der Waals surface area (Å²) < 4.78 is 5.67. The fourth-order valence-electron chi connectivity index (χ4n) is 3.55. The molecule has 1 N–H and O–H groups in total. The molecule has 1 aromatic heterocycles. The summed E-state index contributed by atoms with van der Waals surface area (Å²) in [4.78, 5) is 28.7. The van der Waals surface area contributed by atoms with Crippen LogP contribution in [0.2, 0.25) is 0 Å². The molecule has 0 saturated carbocycles.